The number of nitrogens with two attached hydrogens (primary N) is 1. The van der Waals surface area contributed by atoms with Crippen molar-refractivity contribution in [1.82, 2.24) is 20.1 Å². The molecule has 0 aromatic carbocycles. The molecule has 3 aromatic heterocycles. The number of piperidine rings is 1. The normalized spacial score (nSPS) is 14.2. The first-order valence-corrected chi connectivity index (χ1v) is 8.06. The number of hydrogen-bond donors (Lipinski definition) is 1. The van der Waals surface area contributed by atoms with Gasteiger partial charge in [0.2, 0.25) is 5.82 Å². The Morgan fingerprint density at radius 2 is 1.88 bits per heavy atom. The molecule has 1 fully saturated rings. The summed E-state index contributed by atoms with van der Waals surface area (Å²) in [4.78, 5) is 15.3. The van der Waals surface area contributed by atoms with Crippen LogP contribution in [0, 0.1) is 0 Å². The lowest BCUT2D eigenvalue weighted by molar-refractivity contribution is 0.432. The van der Waals surface area contributed by atoms with E-state index in [1.165, 1.54) is 19.3 Å². The van der Waals surface area contributed by atoms with E-state index in [0.717, 1.165) is 24.5 Å². The predicted molar refractivity (Wildman–Crippen MR) is 98.5 cm³/mol. The highest BCUT2D eigenvalue weighted by molar-refractivity contribution is 5.85. The number of nitrogen functional groups attached to an aromatic ring is 1. The summed E-state index contributed by atoms with van der Waals surface area (Å²) >= 11 is 0. The van der Waals surface area contributed by atoms with Crippen molar-refractivity contribution in [3.05, 3.63) is 36.8 Å². The smallest absolute Gasteiger partial charge is 0.261 e. The molecule has 0 spiro atoms. The van der Waals surface area contributed by atoms with Crippen LogP contribution in [0.3, 0.4) is 0 Å². The van der Waals surface area contributed by atoms with Gasteiger partial charge in [0.25, 0.3) is 5.89 Å². The Kier molecular flexibility index (Phi) is 5.14. The summed E-state index contributed by atoms with van der Waals surface area (Å²) in [5, 5.41) is 4.02. The molecule has 1 saturated heterocycles. The molecule has 7 nitrogen and oxygen atoms in total. The molecule has 2 N–H and O–H groups in total. The lowest BCUT2D eigenvalue weighted by atomic mass is 10.1. The average molecular weight is 359 g/mol. The number of aromatic nitrogens is 4. The second-order valence-electron chi connectivity index (χ2n) is 5.84. The molecule has 0 aliphatic carbocycles. The van der Waals surface area contributed by atoms with Crippen molar-refractivity contribution in [2.45, 2.75) is 19.3 Å². The van der Waals surface area contributed by atoms with Crippen molar-refractivity contribution in [3.63, 3.8) is 0 Å². The highest BCUT2D eigenvalue weighted by atomic mass is 35.5. The molecule has 4 rings (SSSR count). The van der Waals surface area contributed by atoms with Crippen LogP contribution in [0.25, 0.3) is 22.8 Å². The minimum absolute atomic E-state index is 0. The first-order chi connectivity index (χ1) is 11.8. The molecule has 1 aliphatic rings. The van der Waals surface area contributed by atoms with E-state index in [1.54, 1.807) is 24.7 Å². The Hall–Kier alpha value is -2.67. The standard InChI is InChI=1S/C17H18N6O.ClH/c18-14-6-7-19-11-13(14)17-21-16(22-24-17)12-4-5-15(20-10-12)23-8-2-1-3-9-23;/h4-7,10-11H,1-3,8-9H2,(H2,18,19);1H. The SMILES string of the molecule is Cl.Nc1ccncc1-c1nc(-c2ccc(N3CCCCC3)nc2)no1. The Morgan fingerprint density at radius 3 is 2.60 bits per heavy atom. The van der Waals surface area contributed by atoms with Gasteiger partial charge in [0.05, 0.1) is 5.56 Å². The van der Waals surface area contributed by atoms with Crippen molar-refractivity contribution in [2.75, 3.05) is 23.7 Å². The van der Waals surface area contributed by atoms with E-state index in [4.69, 9.17) is 10.3 Å². The molecule has 8 heteroatoms. The molecule has 0 saturated carbocycles. The summed E-state index contributed by atoms with van der Waals surface area (Å²) in [6.45, 7) is 2.14. The summed E-state index contributed by atoms with van der Waals surface area (Å²) in [6.07, 6.45) is 8.78. The Bertz CT molecular complexity index is 829. The monoisotopic (exact) mass is 358 g/mol. The van der Waals surface area contributed by atoms with Crippen LogP contribution >= 0.6 is 12.4 Å². The minimum Gasteiger partial charge on any atom is -0.398 e. The average Bonchev–Trinajstić information content (AvgIpc) is 3.13. The molecule has 1 aliphatic heterocycles. The van der Waals surface area contributed by atoms with Crippen molar-refractivity contribution < 1.29 is 4.52 Å². The van der Waals surface area contributed by atoms with Crippen LogP contribution in [0.5, 0.6) is 0 Å². The van der Waals surface area contributed by atoms with Crippen molar-refractivity contribution >= 4 is 23.9 Å². The third-order valence-electron chi connectivity index (χ3n) is 4.20. The van der Waals surface area contributed by atoms with E-state index < -0.39 is 0 Å². The molecule has 0 bridgehead atoms. The zero-order valence-corrected chi connectivity index (χ0v) is 14.4. The van der Waals surface area contributed by atoms with Gasteiger partial charge in [-0.05, 0) is 37.5 Å². The molecule has 25 heavy (non-hydrogen) atoms. The third kappa shape index (κ3) is 3.56. The van der Waals surface area contributed by atoms with Gasteiger partial charge in [-0.2, -0.15) is 4.98 Å². The van der Waals surface area contributed by atoms with Crippen LogP contribution in [0.2, 0.25) is 0 Å². The summed E-state index contributed by atoms with van der Waals surface area (Å²) in [7, 11) is 0. The van der Waals surface area contributed by atoms with Crippen LogP contribution in [-0.4, -0.2) is 33.2 Å². The Labute approximate surface area is 151 Å². The van der Waals surface area contributed by atoms with Crippen molar-refractivity contribution in [3.8, 4) is 22.8 Å². The quantitative estimate of drug-likeness (QED) is 0.768. The lowest BCUT2D eigenvalue weighted by Crippen LogP contribution is -2.29. The maximum absolute atomic E-state index is 5.92. The fourth-order valence-corrected chi connectivity index (χ4v) is 2.86. The predicted octanol–water partition coefficient (Wildman–Crippen LogP) is 3.19. The molecular formula is C17H19ClN6O. The Balaban J connectivity index is 0.00000182. The fourth-order valence-electron chi connectivity index (χ4n) is 2.86. The van der Waals surface area contributed by atoms with Gasteiger partial charge in [0, 0.05) is 42.9 Å². The highest BCUT2D eigenvalue weighted by Crippen LogP contribution is 2.26. The van der Waals surface area contributed by atoms with Crippen LogP contribution in [-0.2, 0) is 0 Å². The number of pyridine rings is 2. The summed E-state index contributed by atoms with van der Waals surface area (Å²) < 4.78 is 5.31. The Morgan fingerprint density at radius 1 is 1.04 bits per heavy atom. The fraction of sp³-hybridized carbons (Fsp3) is 0.294. The van der Waals surface area contributed by atoms with E-state index in [2.05, 4.69) is 25.0 Å². The maximum Gasteiger partial charge on any atom is 0.261 e. The van der Waals surface area contributed by atoms with Gasteiger partial charge >= 0.3 is 0 Å². The van der Waals surface area contributed by atoms with Crippen LogP contribution in [0.15, 0.2) is 41.3 Å². The number of anilines is 2. The third-order valence-corrected chi connectivity index (χ3v) is 4.20. The number of nitrogens with zero attached hydrogens (tertiary/aromatic N) is 5. The summed E-state index contributed by atoms with van der Waals surface area (Å²) in [5.41, 5.74) is 7.92. The van der Waals surface area contributed by atoms with Gasteiger partial charge in [0.1, 0.15) is 5.82 Å². The lowest BCUT2D eigenvalue weighted by Gasteiger charge is -2.27. The van der Waals surface area contributed by atoms with Gasteiger partial charge in [-0.3, -0.25) is 4.98 Å². The van der Waals surface area contributed by atoms with Gasteiger partial charge in [-0.1, -0.05) is 5.16 Å². The first kappa shape index (κ1) is 17.2. The molecule has 0 radical (unpaired) electrons. The number of hydrogen-bond acceptors (Lipinski definition) is 7. The second kappa shape index (κ2) is 7.48. The van der Waals surface area contributed by atoms with E-state index >= 15 is 0 Å². The summed E-state index contributed by atoms with van der Waals surface area (Å²) in [5.74, 6) is 1.85. The van der Waals surface area contributed by atoms with E-state index in [1.807, 2.05) is 12.1 Å². The van der Waals surface area contributed by atoms with Gasteiger partial charge in [0.15, 0.2) is 0 Å². The van der Waals surface area contributed by atoms with Crippen LogP contribution in [0.1, 0.15) is 19.3 Å². The maximum atomic E-state index is 5.92. The van der Waals surface area contributed by atoms with E-state index in [0.29, 0.717) is 23.0 Å². The topological polar surface area (TPSA) is 94.0 Å². The molecular weight excluding hydrogens is 340 g/mol. The van der Waals surface area contributed by atoms with Gasteiger partial charge in [-0.15, -0.1) is 12.4 Å². The van der Waals surface area contributed by atoms with Crippen LogP contribution in [0.4, 0.5) is 11.5 Å². The van der Waals surface area contributed by atoms with Crippen LogP contribution < -0.4 is 10.6 Å². The summed E-state index contributed by atoms with van der Waals surface area (Å²) in [6, 6.07) is 5.68. The first-order valence-electron chi connectivity index (χ1n) is 8.06. The molecule has 3 aromatic rings. The second-order valence-corrected chi connectivity index (χ2v) is 5.84. The highest BCUT2D eigenvalue weighted by Gasteiger charge is 2.15. The molecule has 4 heterocycles. The van der Waals surface area contributed by atoms with Gasteiger partial charge < -0.3 is 15.2 Å². The van der Waals surface area contributed by atoms with Crippen molar-refractivity contribution in [2.24, 2.45) is 0 Å². The molecule has 0 atom stereocenters. The van der Waals surface area contributed by atoms with E-state index in [-0.39, 0.29) is 12.4 Å². The van der Waals surface area contributed by atoms with Crippen molar-refractivity contribution in [1.29, 1.82) is 0 Å². The molecule has 130 valence electrons. The zero-order valence-electron chi connectivity index (χ0n) is 13.6. The zero-order chi connectivity index (χ0) is 16.4. The van der Waals surface area contributed by atoms with Gasteiger partial charge in [-0.25, -0.2) is 4.98 Å². The molecule has 0 amide bonds. The molecule has 0 unspecified atom stereocenters. The van der Waals surface area contributed by atoms with E-state index in [9.17, 15) is 0 Å². The largest absolute Gasteiger partial charge is 0.398 e. The minimum atomic E-state index is 0. The number of rotatable bonds is 3. The number of halogens is 1.